The normalized spacial score (nSPS) is 19.1. The van der Waals surface area contributed by atoms with Crippen molar-refractivity contribution in [3.8, 4) is 0 Å². The summed E-state index contributed by atoms with van der Waals surface area (Å²) in [6.07, 6.45) is 1.66. The van der Waals surface area contributed by atoms with E-state index >= 15 is 0 Å². The summed E-state index contributed by atoms with van der Waals surface area (Å²) in [5.41, 5.74) is 0.271. The van der Waals surface area contributed by atoms with Crippen LogP contribution in [-0.2, 0) is 15.0 Å². The molecule has 0 aromatic heterocycles. The third-order valence-electron chi connectivity index (χ3n) is 2.04. The van der Waals surface area contributed by atoms with Gasteiger partial charge in [-0.05, 0) is 6.42 Å². The smallest absolute Gasteiger partial charge is 0.331 e. The lowest BCUT2D eigenvalue weighted by molar-refractivity contribution is -0.132. The summed E-state index contributed by atoms with van der Waals surface area (Å²) in [5.74, 6) is -0.980. The van der Waals surface area contributed by atoms with Crippen LogP contribution in [0.25, 0.3) is 0 Å². The van der Waals surface area contributed by atoms with Crippen LogP contribution < -0.4 is 4.72 Å². The highest BCUT2D eigenvalue weighted by Crippen LogP contribution is 2.12. The van der Waals surface area contributed by atoms with E-state index in [0.717, 1.165) is 0 Å². The van der Waals surface area contributed by atoms with Gasteiger partial charge in [-0.15, -0.1) is 0 Å². The highest BCUT2D eigenvalue weighted by Gasteiger charge is 2.24. The topological polar surface area (TPSA) is 86.7 Å². The van der Waals surface area contributed by atoms with Crippen molar-refractivity contribution in [2.75, 3.05) is 20.1 Å². The zero-order valence-corrected chi connectivity index (χ0v) is 8.54. The molecule has 0 saturated heterocycles. The highest BCUT2D eigenvalue weighted by molar-refractivity contribution is 7.87. The lowest BCUT2D eigenvalue weighted by Gasteiger charge is -2.23. The lowest BCUT2D eigenvalue weighted by atomic mass is 10.1. The second-order valence-electron chi connectivity index (χ2n) is 2.85. The van der Waals surface area contributed by atoms with Crippen LogP contribution >= 0.6 is 0 Å². The lowest BCUT2D eigenvalue weighted by Crippen LogP contribution is -2.41. The average Bonchev–Trinajstić information content (AvgIpc) is 2.18. The highest BCUT2D eigenvalue weighted by atomic mass is 32.2. The van der Waals surface area contributed by atoms with Gasteiger partial charge in [0, 0.05) is 25.7 Å². The molecule has 0 amide bonds. The van der Waals surface area contributed by atoms with E-state index in [9.17, 15) is 13.2 Å². The Morgan fingerprint density at radius 2 is 2.29 bits per heavy atom. The third kappa shape index (κ3) is 2.31. The molecular formula is C7H12N2O4S. The molecule has 1 aliphatic rings. The predicted molar refractivity (Wildman–Crippen MR) is 49.9 cm³/mol. The minimum atomic E-state index is -3.42. The first-order valence-corrected chi connectivity index (χ1v) is 5.52. The molecule has 1 aliphatic heterocycles. The van der Waals surface area contributed by atoms with Crippen LogP contribution in [0.3, 0.4) is 0 Å². The summed E-state index contributed by atoms with van der Waals surface area (Å²) in [7, 11) is -2.10. The van der Waals surface area contributed by atoms with Crippen molar-refractivity contribution in [3.63, 3.8) is 0 Å². The molecule has 0 spiro atoms. The second kappa shape index (κ2) is 4.07. The van der Waals surface area contributed by atoms with Gasteiger partial charge < -0.3 is 5.11 Å². The molecule has 0 saturated carbocycles. The summed E-state index contributed by atoms with van der Waals surface area (Å²) in [5, 5.41) is 8.63. The van der Waals surface area contributed by atoms with E-state index in [4.69, 9.17) is 5.11 Å². The van der Waals surface area contributed by atoms with Crippen LogP contribution in [0.1, 0.15) is 6.42 Å². The van der Waals surface area contributed by atoms with Crippen molar-refractivity contribution >= 4 is 16.2 Å². The monoisotopic (exact) mass is 220 g/mol. The van der Waals surface area contributed by atoms with Gasteiger partial charge in [-0.25, -0.2) is 9.52 Å². The van der Waals surface area contributed by atoms with Gasteiger partial charge in [0.1, 0.15) is 0 Å². The van der Waals surface area contributed by atoms with Gasteiger partial charge in [-0.2, -0.15) is 12.7 Å². The van der Waals surface area contributed by atoms with Crippen LogP contribution in [0.5, 0.6) is 0 Å². The molecule has 6 nitrogen and oxygen atoms in total. The Kier molecular flexibility index (Phi) is 3.25. The van der Waals surface area contributed by atoms with Gasteiger partial charge in [-0.3, -0.25) is 0 Å². The number of hydrogen-bond donors (Lipinski definition) is 2. The molecule has 0 bridgehead atoms. The quantitative estimate of drug-likeness (QED) is 0.649. The van der Waals surface area contributed by atoms with Crippen LogP contribution in [-0.4, -0.2) is 43.9 Å². The minimum absolute atomic E-state index is 0.116. The fourth-order valence-electron chi connectivity index (χ4n) is 1.19. The Balaban J connectivity index is 2.73. The van der Waals surface area contributed by atoms with Crippen molar-refractivity contribution in [1.29, 1.82) is 0 Å². The van der Waals surface area contributed by atoms with E-state index in [-0.39, 0.29) is 25.1 Å². The molecule has 1 heterocycles. The summed E-state index contributed by atoms with van der Waals surface area (Å²) >= 11 is 0. The number of nitrogens with zero attached hydrogens (tertiary/aromatic N) is 1. The Labute approximate surface area is 82.4 Å². The first kappa shape index (κ1) is 11.2. The summed E-state index contributed by atoms with van der Waals surface area (Å²) in [6, 6.07) is 0. The van der Waals surface area contributed by atoms with Gasteiger partial charge in [0.25, 0.3) is 10.2 Å². The molecule has 0 aromatic carbocycles. The largest absolute Gasteiger partial charge is 0.478 e. The first-order valence-electron chi connectivity index (χ1n) is 4.08. The average molecular weight is 220 g/mol. The fraction of sp³-hybridized carbons (Fsp3) is 0.571. The zero-order valence-electron chi connectivity index (χ0n) is 7.73. The minimum Gasteiger partial charge on any atom is -0.478 e. The second-order valence-corrected chi connectivity index (χ2v) is 4.73. The number of carboxylic acid groups (broad SMARTS) is 1. The number of carbonyl (C=O) groups is 1. The summed E-state index contributed by atoms with van der Waals surface area (Å²) < 4.78 is 25.9. The third-order valence-corrected chi connectivity index (χ3v) is 3.57. The Morgan fingerprint density at radius 1 is 1.64 bits per heavy atom. The van der Waals surface area contributed by atoms with Crippen LogP contribution in [0.15, 0.2) is 11.6 Å². The number of nitrogens with one attached hydrogen (secondary N) is 1. The van der Waals surface area contributed by atoms with Gasteiger partial charge in [0.15, 0.2) is 0 Å². The molecule has 0 atom stereocenters. The molecule has 0 fully saturated rings. The van der Waals surface area contributed by atoms with Crippen LogP contribution in [0.4, 0.5) is 0 Å². The molecule has 0 aromatic rings. The number of hydrogen-bond acceptors (Lipinski definition) is 3. The molecule has 14 heavy (non-hydrogen) atoms. The maximum absolute atomic E-state index is 11.3. The van der Waals surface area contributed by atoms with E-state index in [2.05, 4.69) is 4.72 Å². The Morgan fingerprint density at radius 3 is 2.64 bits per heavy atom. The molecule has 0 radical (unpaired) electrons. The fourth-order valence-corrected chi connectivity index (χ4v) is 2.05. The maximum atomic E-state index is 11.3. The number of carboxylic acids is 1. The van der Waals surface area contributed by atoms with Crippen molar-refractivity contribution in [2.24, 2.45) is 0 Å². The van der Waals surface area contributed by atoms with Crippen LogP contribution in [0, 0.1) is 0 Å². The number of rotatable bonds is 3. The SMILES string of the molecule is CNS(=O)(=O)N1CC=C(C(=O)O)CC1. The van der Waals surface area contributed by atoms with Crippen molar-refractivity contribution < 1.29 is 18.3 Å². The molecule has 2 N–H and O–H groups in total. The number of aliphatic carboxylic acids is 1. The predicted octanol–water partition coefficient (Wildman–Crippen LogP) is -0.833. The van der Waals surface area contributed by atoms with Gasteiger partial charge in [-0.1, -0.05) is 6.08 Å². The van der Waals surface area contributed by atoms with Crippen molar-refractivity contribution in [1.82, 2.24) is 9.03 Å². The Hall–Kier alpha value is -0.920. The Bertz CT molecular complexity index is 360. The van der Waals surface area contributed by atoms with Gasteiger partial charge in [0.2, 0.25) is 0 Å². The van der Waals surface area contributed by atoms with E-state index in [1.165, 1.54) is 17.4 Å². The molecule has 0 aliphatic carbocycles. The van der Waals surface area contributed by atoms with E-state index in [1.54, 1.807) is 0 Å². The molecule has 7 heteroatoms. The van der Waals surface area contributed by atoms with E-state index < -0.39 is 16.2 Å². The van der Waals surface area contributed by atoms with Crippen LogP contribution in [0.2, 0.25) is 0 Å². The zero-order chi connectivity index (χ0) is 10.8. The van der Waals surface area contributed by atoms with Gasteiger partial charge in [0.05, 0.1) is 0 Å². The summed E-state index contributed by atoms with van der Waals surface area (Å²) in [4.78, 5) is 10.5. The maximum Gasteiger partial charge on any atom is 0.331 e. The molecule has 0 unspecified atom stereocenters. The molecular weight excluding hydrogens is 208 g/mol. The summed E-state index contributed by atoms with van der Waals surface area (Å²) in [6.45, 7) is 0.326. The first-order chi connectivity index (χ1) is 6.47. The van der Waals surface area contributed by atoms with E-state index in [0.29, 0.717) is 0 Å². The molecule has 80 valence electrons. The van der Waals surface area contributed by atoms with Crippen molar-refractivity contribution in [2.45, 2.75) is 6.42 Å². The van der Waals surface area contributed by atoms with Gasteiger partial charge >= 0.3 is 5.97 Å². The van der Waals surface area contributed by atoms with Crippen molar-refractivity contribution in [3.05, 3.63) is 11.6 Å². The van der Waals surface area contributed by atoms with E-state index in [1.807, 2.05) is 0 Å². The standard InChI is InChI=1S/C7H12N2O4S/c1-8-14(12,13)9-4-2-6(3-5-9)7(10)11/h2,8H,3-5H2,1H3,(H,10,11). The molecule has 1 rings (SSSR count).